The summed E-state index contributed by atoms with van der Waals surface area (Å²) in [7, 11) is -4.20. The smallest absolute Gasteiger partial charge is 1.00 e. The molecule has 0 aliphatic carbocycles. The molecular weight excluding hydrogens is 421 g/mol. The predicted molar refractivity (Wildman–Crippen MR) is 110 cm³/mol. The van der Waals surface area contributed by atoms with Crippen LogP contribution in [0.15, 0.2) is 53.4 Å². The van der Waals surface area contributed by atoms with E-state index in [-0.39, 0.29) is 55.7 Å². The van der Waals surface area contributed by atoms with Crippen molar-refractivity contribution in [1.82, 2.24) is 14.9 Å². The largest absolute Gasteiger partial charge is 1.00 e. The Morgan fingerprint density at radius 3 is 2.00 bits per heavy atom. The van der Waals surface area contributed by atoms with E-state index in [0.717, 1.165) is 5.56 Å². The first-order valence-corrected chi connectivity index (χ1v) is 10.4. The van der Waals surface area contributed by atoms with Crippen molar-refractivity contribution < 1.29 is 59.3 Å². The average Bonchev–Trinajstić information content (AvgIpc) is 3.13. The second kappa shape index (κ2) is 13.2. The molecule has 5 N–H and O–H groups in total. The zero-order valence-electron chi connectivity index (χ0n) is 17.8. The van der Waals surface area contributed by atoms with Gasteiger partial charge in [-0.3, -0.25) is 9.45 Å². The molecule has 0 aliphatic heterocycles. The van der Waals surface area contributed by atoms with Gasteiger partial charge in [0.1, 0.15) is 5.82 Å². The summed E-state index contributed by atoms with van der Waals surface area (Å²) >= 11 is 0. The first kappa shape index (κ1) is 26.7. The van der Waals surface area contributed by atoms with Crippen LogP contribution in [0.4, 0.5) is 0 Å². The van der Waals surface area contributed by atoms with E-state index >= 15 is 0 Å². The number of benzene rings is 2. The third-order valence-corrected chi connectivity index (χ3v) is 4.90. The minimum atomic E-state index is -4.20. The summed E-state index contributed by atoms with van der Waals surface area (Å²) in [5, 5.41) is 25.5. The molecule has 0 saturated carbocycles. The van der Waals surface area contributed by atoms with Crippen molar-refractivity contribution in [1.29, 1.82) is 0 Å². The van der Waals surface area contributed by atoms with Crippen LogP contribution < -0.4 is 29.6 Å². The number of aromatic nitrogens is 2. The summed E-state index contributed by atoms with van der Waals surface area (Å²) in [6.07, 6.45) is 0. The third kappa shape index (κ3) is 8.06. The molecule has 0 aliphatic rings. The van der Waals surface area contributed by atoms with E-state index in [1.54, 1.807) is 11.0 Å². The van der Waals surface area contributed by atoms with Gasteiger partial charge in [-0.2, -0.15) is 8.42 Å². The summed E-state index contributed by atoms with van der Waals surface area (Å²) in [6, 6.07) is 13.8. The van der Waals surface area contributed by atoms with Crippen molar-refractivity contribution in [2.75, 3.05) is 39.5 Å². The number of aliphatic hydroxyl groups excluding tert-OH is 3. The summed E-state index contributed by atoms with van der Waals surface area (Å²) < 4.78 is 31.2. The molecule has 9 nitrogen and oxygen atoms in total. The number of fused-ring (bicyclic) bond motifs is 1. The van der Waals surface area contributed by atoms with Crippen LogP contribution in [0.25, 0.3) is 22.4 Å². The fourth-order valence-corrected chi connectivity index (χ4v) is 3.15. The minimum Gasteiger partial charge on any atom is -1.00 e. The van der Waals surface area contributed by atoms with E-state index in [1.165, 1.54) is 12.1 Å². The number of nitrogens with zero attached hydrogens (tertiary/aromatic N) is 2. The van der Waals surface area contributed by atoms with E-state index in [1.807, 2.05) is 30.3 Å². The molecule has 1 heterocycles. The van der Waals surface area contributed by atoms with Crippen LogP contribution in [0.1, 0.15) is 1.43 Å². The molecule has 0 fully saturated rings. The van der Waals surface area contributed by atoms with Crippen molar-refractivity contribution in [2.24, 2.45) is 0 Å². The van der Waals surface area contributed by atoms with Crippen molar-refractivity contribution in [3.05, 3.63) is 48.5 Å². The van der Waals surface area contributed by atoms with Crippen molar-refractivity contribution in [2.45, 2.75) is 4.90 Å². The molecule has 2 aromatic carbocycles. The SMILES string of the molecule is O=S(=O)(O)c1ccc2nc(-c3ccccc3)[nH]c2c1.OCCN(CCO)CCO.[H-].[Na+]. The molecule has 160 valence electrons. The Morgan fingerprint density at radius 1 is 0.933 bits per heavy atom. The number of aromatic amines is 1. The van der Waals surface area contributed by atoms with Crippen LogP contribution in [0.3, 0.4) is 0 Å². The Kier molecular flexibility index (Phi) is 11.7. The molecule has 0 saturated heterocycles. The Balaban J connectivity index is 0.000000654. The Morgan fingerprint density at radius 2 is 1.50 bits per heavy atom. The number of nitrogens with one attached hydrogen (secondary N) is 1. The monoisotopic (exact) mass is 447 g/mol. The zero-order chi connectivity index (χ0) is 21.3. The number of H-pyrrole nitrogens is 1. The van der Waals surface area contributed by atoms with Gasteiger partial charge in [-0.15, -0.1) is 0 Å². The van der Waals surface area contributed by atoms with Crippen molar-refractivity contribution in [3.63, 3.8) is 0 Å². The standard InChI is InChI=1S/C13H10N2O3S.C6H15NO3.Na.H/c16-19(17,18)10-6-7-11-12(8-10)15-13(14-11)9-4-2-1-3-5-9;8-4-1-7(2-5-9)3-6-10;;/h1-8H,(H,14,15)(H,16,17,18);8-10H,1-6H2;;/q;;+1;-1. The normalized spacial score (nSPS) is 11.1. The van der Waals surface area contributed by atoms with E-state index < -0.39 is 10.1 Å². The van der Waals surface area contributed by atoms with Gasteiger partial charge in [-0.05, 0) is 18.2 Å². The van der Waals surface area contributed by atoms with Gasteiger partial charge in [-0.1, -0.05) is 30.3 Å². The molecule has 0 atom stereocenters. The molecule has 11 heteroatoms. The van der Waals surface area contributed by atoms with Crippen molar-refractivity contribution >= 4 is 21.2 Å². The number of rotatable bonds is 8. The molecule has 3 aromatic rings. The first-order valence-electron chi connectivity index (χ1n) is 8.96. The van der Waals surface area contributed by atoms with E-state index in [4.69, 9.17) is 19.9 Å². The second-order valence-electron chi connectivity index (χ2n) is 6.12. The van der Waals surface area contributed by atoms with Crippen LogP contribution in [0, 0.1) is 0 Å². The molecule has 0 bridgehead atoms. The Labute approximate surface area is 198 Å². The Hall–Kier alpha value is -1.34. The van der Waals surface area contributed by atoms with E-state index in [2.05, 4.69) is 9.97 Å². The van der Waals surface area contributed by atoms with Gasteiger partial charge in [0.2, 0.25) is 0 Å². The molecule has 30 heavy (non-hydrogen) atoms. The topological polar surface area (TPSA) is 147 Å². The van der Waals surface area contributed by atoms with Crippen LogP contribution in [0.5, 0.6) is 0 Å². The van der Waals surface area contributed by atoms with Gasteiger partial charge in [0.05, 0.1) is 35.7 Å². The number of hydrogen-bond donors (Lipinski definition) is 5. The first-order chi connectivity index (χ1) is 13.9. The summed E-state index contributed by atoms with van der Waals surface area (Å²) in [5.74, 6) is 0.656. The third-order valence-electron chi connectivity index (χ3n) is 4.05. The maximum atomic E-state index is 11.1. The molecule has 0 amide bonds. The van der Waals surface area contributed by atoms with Crippen LogP contribution in [-0.2, 0) is 10.1 Å². The number of hydrogen-bond acceptors (Lipinski definition) is 7. The van der Waals surface area contributed by atoms with Crippen LogP contribution in [-0.4, -0.2) is 82.6 Å². The number of imidazole rings is 1. The molecule has 1 aromatic heterocycles. The summed E-state index contributed by atoms with van der Waals surface area (Å²) in [6.45, 7) is 1.75. The minimum absolute atomic E-state index is 0. The van der Waals surface area contributed by atoms with Crippen LogP contribution in [0.2, 0.25) is 0 Å². The number of aliphatic hydroxyl groups is 3. The molecule has 0 radical (unpaired) electrons. The summed E-state index contributed by atoms with van der Waals surface area (Å²) in [4.78, 5) is 9.05. The van der Waals surface area contributed by atoms with Gasteiger partial charge in [0.25, 0.3) is 10.1 Å². The summed E-state index contributed by atoms with van der Waals surface area (Å²) in [5.41, 5.74) is 2.12. The van der Waals surface area contributed by atoms with E-state index in [0.29, 0.717) is 36.5 Å². The molecular formula is C19H26N3NaO6S. The van der Waals surface area contributed by atoms with E-state index in [9.17, 15) is 8.42 Å². The van der Waals surface area contributed by atoms with Gasteiger partial charge < -0.3 is 21.7 Å². The maximum absolute atomic E-state index is 11.1. The molecule has 3 rings (SSSR count). The molecule has 0 spiro atoms. The van der Waals surface area contributed by atoms with Gasteiger partial charge >= 0.3 is 29.6 Å². The fourth-order valence-electron chi connectivity index (χ4n) is 2.64. The van der Waals surface area contributed by atoms with Crippen LogP contribution >= 0.6 is 0 Å². The second-order valence-corrected chi connectivity index (χ2v) is 7.54. The van der Waals surface area contributed by atoms with Gasteiger partial charge in [0.15, 0.2) is 0 Å². The van der Waals surface area contributed by atoms with Gasteiger partial charge in [-0.25, -0.2) is 4.98 Å². The maximum Gasteiger partial charge on any atom is 1.00 e. The van der Waals surface area contributed by atoms with Gasteiger partial charge in [0, 0.05) is 25.2 Å². The molecule has 0 unspecified atom stereocenters. The zero-order valence-corrected chi connectivity index (χ0v) is 19.6. The average molecular weight is 447 g/mol. The predicted octanol–water partition coefficient (Wildman–Crippen LogP) is -2.14. The quantitative estimate of drug-likeness (QED) is 0.194. The van der Waals surface area contributed by atoms with Crippen molar-refractivity contribution in [3.8, 4) is 11.4 Å². The fraction of sp³-hybridized carbons (Fsp3) is 0.316. The Bertz CT molecular complexity index is 990.